The number of rotatable bonds is 8. The minimum absolute atomic E-state index is 0.125. The number of amides is 1. The molecule has 1 fully saturated rings. The Bertz CT molecular complexity index is 1090. The first-order valence-electron chi connectivity index (χ1n) is 11.6. The minimum Gasteiger partial charge on any atom is -0.370 e. The van der Waals surface area contributed by atoms with Gasteiger partial charge in [-0.05, 0) is 44.0 Å². The highest BCUT2D eigenvalue weighted by molar-refractivity contribution is 6.30. The fourth-order valence-electron chi connectivity index (χ4n) is 4.31. The topological polar surface area (TPSA) is 76.6 Å². The van der Waals surface area contributed by atoms with Gasteiger partial charge in [0.15, 0.2) is 0 Å². The van der Waals surface area contributed by atoms with Crippen LogP contribution in [-0.2, 0) is 22.7 Å². The normalized spacial score (nSPS) is 17.5. The SMILES string of the molecule is Cc1noc(C)c1COC1CN(Cc2cccn2-c2ccc(Cl)cn2)CC(=O)N(CC(C)C)C1. The van der Waals surface area contributed by atoms with E-state index < -0.39 is 0 Å². The molecular weight excluding hydrogens is 454 g/mol. The number of aromatic nitrogens is 3. The summed E-state index contributed by atoms with van der Waals surface area (Å²) < 4.78 is 13.6. The molecule has 0 aliphatic carbocycles. The van der Waals surface area contributed by atoms with Crippen molar-refractivity contribution in [1.82, 2.24) is 24.5 Å². The number of pyridine rings is 1. The molecule has 1 amide bonds. The van der Waals surface area contributed by atoms with Gasteiger partial charge in [0.1, 0.15) is 11.6 Å². The molecule has 3 aromatic rings. The molecule has 1 unspecified atom stereocenters. The Labute approximate surface area is 205 Å². The lowest BCUT2D eigenvalue weighted by Gasteiger charge is -2.26. The Hall–Kier alpha value is -2.68. The van der Waals surface area contributed by atoms with Gasteiger partial charge in [0, 0.05) is 49.8 Å². The predicted molar refractivity (Wildman–Crippen MR) is 130 cm³/mol. The second-order valence-corrected chi connectivity index (χ2v) is 9.74. The molecule has 0 aromatic carbocycles. The second-order valence-electron chi connectivity index (χ2n) is 9.30. The molecule has 4 rings (SSSR count). The van der Waals surface area contributed by atoms with Gasteiger partial charge in [0.05, 0.1) is 30.0 Å². The number of ether oxygens (including phenoxy) is 1. The molecule has 0 bridgehead atoms. The molecule has 4 heterocycles. The van der Waals surface area contributed by atoms with E-state index in [4.69, 9.17) is 20.9 Å². The van der Waals surface area contributed by atoms with Crippen molar-refractivity contribution in [2.45, 2.75) is 47.0 Å². The molecule has 0 N–H and O–H groups in total. The molecule has 3 aromatic heterocycles. The van der Waals surface area contributed by atoms with Crippen molar-refractivity contribution in [1.29, 1.82) is 0 Å². The highest BCUT2D eigenvalue weighted by Gasteiger charge is 2.29. The molecule has 8 nitrogen and oxygen atoms in total. The van der Waals surface area contributed by atoms with E-state index in [1.807, 2.05) is 47.7 Å². The van der Waals surface area contributed by atoms with Crippen LogP contribution in [0.1, 0.15) is 36.6 Å². The van der Waals surface area contributed by atoms with E-state index in [0.29, 0.717) is 50.3 Å². The van der Waals surface area contributed by atoms with Crippen LogP contribution in [0.5, 0.6) is 0 Å². The number of hydrogen-bond donors (Lipinski definition) is 0. The Morgan fingerprint density at radius 3 is 2.74 bits per heavy atom. The molecule has 34 heavy (non-hydrogen) atoms. The van der Waals surface area contributed by atoms with Crippen molar-refractivity contribution in [2.75, 3.05) is 26.2 Å². The van der Waals surface area contributed by atoms with Crippen molar-refractivity contribution in [2.24, 2.45) is 5.92 Å². The highest BCUT2D eigenvalue weighted by atomic mass is 35.5. The number of carbonyl (C=O) groups is 1. The summed E-state index contributed by atoms with van der Waals surface area (Å²) >= 11 is 6.01. The third-order valence-electron chi connectivity index (χ3n) is 6.00. The van der Waals surface area contributed by atoms with Crippen LogP contribution in [0.4, 0.5) is 0 Å². The van der Waals surface area contributed by atoms with Crippen molar-refractivity contribution in [3.63, 3.8) is 0 Å². The summed E-state index contributed by atoms with van der Waals surface area (Å²) in [5, 5.41) is 4.62. The number of nitrogens with zero attached hydrogens (tertiary/aromatic N) is 5. The van der Waals surface area contributed by atoms with Gasteiger partial charge >= 0.3 is 0 Å². The smallest absolute Gasteiger partial charge is 0.236 e. The number of carbonyl (C=O) groups excluding carboxylic acids is 1. The average Bonchev–Trinajstić information content (AvgIpc) is 3.33. The van der Waals surface area contributed by atoms with Gasteiger partial charge in [0.25, 0.3) is 0 Å². The largest absolute Gasteiger partial charge is 0.370 e. The van der Waals surface area contributed by atoms with Gasteiger partial charge in [-0.25, -0.2) is 4.98 Å². The van der Waals surface area contributed by atoms with Crippen LogP contribution in [-0.4, -0.2) is 62.7 Å². The Morgan fingerprint density at radius 1 is 1.24 bits per heavy atom. The molecule has 0 spiro atoms. The van der Waals surface area contributed by atoms with E-state index in [2.05, 4.69) is 35.0 Å². The standard InChI is InChI=1S/C25H32ClN5O3/c1-17(2)11-30-14-22(33-16-23-18(3)28-34-19(23)4)13-29(15-25(30)32)12-21-6-5-9-31(21)24-8-7-20(26)10-27-24/h5-10,17,22H,11-16H2,1-4H3. The maximum atomic E-state index is 13.1. The van der Waals surface area contributed by atoms with Crippen LogP contribution in [0.2, 0.25) is 5.02 Å². The minimum atomic E-state index is -0.129. The maximum Gasteiger partial charge on any atom is 0.236 e. The molecule has 1 atom stereocenters. The summed E-state index contributed by atoms with van der Waals surface area (Å²) in [5.41, 5.74) is 2.86. The quantitative estimate of drug-likeness (QED) is 0.479. The lowest BCUT2D eigenvalue weighted by Crippen LogP contribution is -2.40. The first-order chi connectivity index (χ1) is 16.3. The molecule has 1 aliphatic rings. The summed E-state index contributed by atoms with van der Waals surface area (Å²) in [5.74, 6) is 2.07. The van der Waals surface area contributed by atoms with Crippen molar-refractivity contribution < 1.29 is 14.1 Å². The molecule has 182 valence electrons. The number of halogens is 1. The zero-order valence-electron chi connectivity index (χ0n) is 20.2. The van der Waals surface area contributed by atoms with Gasteiger partial charge in [0.2, 0.25) is 5.91 Å². The van der Waals surface area contributed by atoms with Crippen LogP contribution in [0.3, 0.4) is 0 Å². The summed E-state index contributed by atoms with van der Waals surface area (Å²) in [6.45, 7) is 11.3. The van der Waals surface area contributed by atoms with Crippen LogP contribution in [0.25, 0.3) is 5.82 Å². The Balaban J connectivity index is 1.52. The summed E-state index contributed by atoms with van der Waals surface area (Å²) in [6, 6.07) is 7.75. The molecule has 0 saturated carbocycles. The lowest BCUT2D eigenvalue weighted by atomic mass is 10.2. The van der Waals surface area contributed by atoms with E-state index in [1.165, 1.54) is 0 Å². The lowest BCUT2D eigenvalue weighted by molar-refractivity contribution is -0.132. The third-order valence-corrected chi connectivity index (χ3v) is 6.23. The summed E-state index contributed by atoms with van der Waals surface area (Å²) in [6.07, 6.45) is 3.48. The summed E-state index contributed by atoms with van der Waals surface area (Å²) in [7, 11) is 0. The van der Waals surface area contributed by atoms with E-state index in [1.54, 1.807) is 6.20 Å². The fraction of sp³-hybridized carbons (Fsp3) is 0.480. The first kappa shape index (κ1) is 24.4. The van der Waals surface area contributed by atoms with Gasteiger partial charge < -0.3 is 18.7 Å². The van der Waals surface area contributed by atoms with Crippen LogP contribution in [0, 0.1) is 19.8 Å². The van der Waals surface area contributed by atoms with E-state index in [0.717, 1.165) is 28.5 Å². The Morgan fingerprint density at radius 2 is 2.06 bits per heavy atom. The predicted octanol–water partition coefficient (Wildman–Crippen LogP) is 4.02. The zero-order valence-corrected chi connectivity index (χ0v) is 21.0. The number of hydrogen-bond acceptors (Lipinski definition) is 6. The van der Waals surface area contributed by atoms with Crippen LogP contribution in [0.15, 0.2) is 41.2 Å². The van der Waals surface area contributed by atoms with E-state index >= 15 is 0 Å². The number of aryl methyl sites for hydroxylation is 2. The van der Waals surface area contributed by atoms with Crippen molar-refractivity contribution >= 4 is 17.5 Å². The summed E-state index contributed by atoms with van der Waals surface area (Å²) in [4.78, 5) is 21.7. The molecule has 1 saturated heterocycles. The third kappa shape index (κ3) is 5.87. The first-order valence-corrected chi connectivity index (χ1v) is 12.0. The van der Waals surface area contributed by atoms with Crippen molar-refractivity contribution in [3.8, 4) is 5.82 Å². The average molecular weight is 486 g/mol. The molecule has 9 heteroatoms. The van der Waals surface area contributed by atoms with Crippen LogP contribution < -0.4 is 0 Å². The molecule has 0 radical (unpaired) electrons. The zero-order chi connectivity index (χ0) is 24.2. The van der Waals surface area contributed by atoms with Gasteiger partial charge in [-0.15, -0.1) is 0 Å². The van der Waals surface area contributed by atoms with Crippen molar-refractivity contribution in [3.05, 3.63) is 64.4 Å². The van der Waals surface area contributed by atoms with Gasteiger partial charge in [-0.3, -0.25) is 9.69 Å². The van der Waals surface area contributed by atoms with Gasteiger partial charge in [-0.1, -0.05) is 30.6 Å². The monoisotopic (exact) mass is 485 g/mol. The maximum absolute atomic E-state index is 13.1. The van der Waals surface area contributed by atoms with Crippen LogP contribution >= 0.6 is 11.6 Å². The molecular formula is C25H32ClN5O3. The Kier molecular flexibility index (Phi) is 7.70. The second kappa shape index (κ2) is 10.7. The molecule has 1 aliphatic heterocycles. The van der Waals surface area contributed by atoms with E-state index in [-0.39, 0.29) is 12.0 Å². The van der Waals surface area contributed by atoms with E-state index in [9.17, 15) is 4.79 Å². The highest BCUT2D eigenvalue weighted by Crippen LogP contribution is 2.20. The van der Waals surface area contributed by atoms with Gasteiger partial charge in [-0.2, -0.15) is 0 Å². The fourth-order valence-corrected chi connectivity index (χ4v) is 4.42.